The topological polar surface area (TPSA) is 78.9 Å². The molecule has 69 heavy (non-hydrogen) atoms. The van der Waals surface area contributed by atoms with E-state index < -0.39 is 6.10 Å². The predicted molar refractivity (Wildman–Crippen MR) is 297 cm³/mol. The molecule has 0 amide bonds. The third kappa shape index (κ3) is 55.4. The van der Waals surface area contributed by atoms with E-state index in [1.54, 1.807) is 0 Å². The largest absolute Gasteiger partial charge is 0.462 e. The number of allylic oxidation sites excluding steroid dienone is 14. The Morgan fingerprint density at radius 3 is 0.913 bits per heavy atom. The van der Waals surface area contributed by atoms with Gasteiger partial charge in [-0.2, -0.15) is 0 Å². The van der Waals surface area contributed by atoms with Gasteiger partial charge in [0.15, 0.2) is 6.10 Å². The molecule has 0 aliphatic rings. The van der Waals surface area contributed by atoms with Crippen molar-refractivity contribution < 1.29 is 28.6 Å². The molecule has 6 nitrogen and oxygen atoms in total. The molecule has 6 heteroatoms. The quantitative estimate of drug-likeness (QED) is 0.0262. The molecule has 0 radical (unpaired) electrons. The number of carbonyl (C=O) groups excluding carboxylic acids is 3. The Balaban J connectivity index is 4.39. The smallest absolute Gasteiger partial charge is 0.306 e. The zero-order valence-electron chi connectivity index (χ0n) is 45.3. The number of hydrogen-bond acceptors (Lipinski definition) is 6. The molecule has 0 aromatic rings. The molecule has 0 aliphatic heterocycles. The van der Waals surface area contributed by atoms with Gasteiger partial charge in [-0.25, -0.2) is 0 Å². The van der Waals surface area contributed by atoms with Gasteiger partial charge in [0, 0.05) is 19.3 Å². The van der Waals surface area contributed by atoms with Crippen molar-refractivity contribution in [3.8, 4) is 0 Å². The second-order valence-electron chi connectivity index (χ2n) is 19.1. The summed E-state index contributed by atoms with van der Waals surface area (Å²) in [6.07, 6.45) is 74.4. The highest BCUT2D eigenvalue weighted by Gasteiger charge is 2.19. The molecule has 0 saturated heterocycles. The van der Waals surface area contributed by atoms with E-state index in [0.29, 0.717) is 19.3 Å². The predicted octanol–water partition coefficient (Wildman–Crippen LogP) is 19.5. The first kappa shape index (κ1) is 65.6. The van der Waals surface area contributed by atoms with Gasteiger partial charge < -0.3 is 14.2 Å². The molecule has 0 saturated carbocycles. The monoisotopic (exact) mass is 961 g/mol. The van der Waals surface area contributed by atoms with Gasteiger partial charge >= 0.3 is 17.9 Å². The fourth-order valence-electron chi connectivity index (χ4n) is 8.10. The van der Waals surface area contributed by atoms with Crippen LogP contribution >= 0.6 is 0 Å². The minimum absolute atomic E-state index is 0.0971. The van der Waals surface area contributed by atoms with Crippen LogP contribution in [0, 0.1) is 0 Å². The van der Waals surface area contributed by atoms with Crippen LogP contribution in [0.3, 0.4) is 0 Å². The van der Waals surface area contributed by atoms with Crippen LogP contribution in [0.15, 0.2) is 85.1 Å². The minimum Gasteiger partial charge on any atom is -0.462 e. The number of carbonyl (C=O) groups is 3. The van der Waals surface area contributed by atoms with Crippen molar-refractivity contribution in [1.29, 1.82) is 0 Å². The van der Waals surface area contributed by atoms with Crippen LogP contribution in [0.2, 0.25) is 0 Å². The van der Waals surface area contributed by atoms with Crippen molar-refractivity contribution in [2.45, 2.75) is 284 Å². The highest BCUT2D eigenvalue weighted by molar-refractivity contribution is 5.71. The van der Waals surface area contributed by atoms with Crippen molar-refractivity contribution in [2.75, 3.05) is 13.2 Å². The lowest BCUT2D eigenvalue weighted by Crippen LogP contribution is -2.30. The first-order valence-electron chi connectivity index (χ1n) is 29.1. The molecule has 0 N–H and O–H groups in total. The zero-order chi connectivity index (χ0) is 50.0. The van der Waals surface area contributed by atoms with E-state index in [-0.39, 0.29) is 37.5 Å². The average Bonchev–Trinajstić information content (AvgIpc) is 3.35. The average molecular weight is 962 g/mol. The molecular formula is C63H108O6. The lowest BCUT2D eigenvalue weighted by atomic mass is 10.0. The first-order chi connectivity index (χ1) is 34.0. The summed E-state index contributed by atoms with van der Waals surface area (Å²) >= 11 is 0. The summed E-state index contributed by atoms with van der Waals surface area (Å²) in [6, 6.07) is 0. The molecule has 0 rings (SSSR count). The number of esters is 3. The number of hydrogen-bond donors (Lipinski definition) is 0. The summed E-state index contributed by atoms with van der Waals surface area (Å²) in [4.78, 5) is 38.1. The standard InChI is InChI=1S/C63H108O6/c1-4-7-10-13-16-19-22-25-28-29-30-31-32-33-36-38-41-44-47-50-53-56-62(65)68-59-60(69-63(66)57-54-51-48-45-42-39-35-27-24-21-18-15-12-9-6-3)58-67-61(64)55-52-49-46-43-40-37-34-26-23-20-17-14-11-8-5-2/h8-9,11-12,17-18,20-21,26-27,34-35,42,45,60H,4-7,10,13-16,19,22-25,28-33,36-41,43-44,46-59H2,1-3H3/b11-8-,12-9-,20-17-,21-18-,34-26-,35-27-,45-42-/t60-/m1/s1. The molecular weight excluding hydrogens is 853 g/mol. The molecule has 0 aromatic carbocycles. The molecule has 0 fully saturated rings. The van der Waals surface area contributed by atoms with E-state index in [1.165, 1.54) is 116 Å². The summed E-state index contributed by atoms with van der Waals surface area (Å²) in [7, 11) is 0. The fraction of sp³-hybridized carbons (Fsp3) is 0.730. The Bertz CT molecular complexity index is 1330. The summed E-state index contributed by atoms with van der Waals surface area (Å²) in [5.41, 5.74) is 0. The van der Waals surface area contributed by atoms with E-state index in [0.717, 1.165) is 116 Å². The van der Waals surface area contributed by atoms with E-state index >= 15 is 0 Å². The maximum Gasteiger partial charge on any atom is 0.306 e. The number of unbranched alkanes of at least 4 members (excludes halogenated alkanes) is 27. The molecule has 1 atom stereocenters. The maximum absolute atomic E-state index is 12.8. The molecule has 0 heterocycles. The summed E-state index contributed by atoms with van der Waals surface area (Å²) in [5.74, 6) is -0.949. The summed E-state index contributed by atoms with van der Waals surface area (Å²) < 4.78 is 16.8. The first-order valence-corrected chi connectivity index (χ1v) is 29.1. The Morgan fingerprint density at radius 1 is 0.304 bits per heavy atom. The van der Waals surface area contributed by atoms with Crippen molar-refractivity contribution in [2.24, 2.45) is 0 Å². The van der Waals surface area contributed by atoms with Crippen LogP contribution in [-0.2, 0) is 28.6 Å². The highest BCUT2D eigenvalue weighted by Crippen LogP contribution is 2.16. The van der Waals surface area contributed by atoms with E-state index in [2.05, 4.69) is 106 Å². The van der Waals surface area contributed by atoms with Crippen molar-refractivity contribution in [3.63, 3.8) is 0 Å². The summed E-state index contributed by atoms with van der Waals surface area (Å²) in [6.45, 7) is 6.39. The van der Waals surface area contributed by atoms with Crippen LogP contribution in [-0.4, -0.2) is 37.2 Å². The summed E-state index contributed by atoms with van der Waals surface area (Å²) in [5, 5.41) is 0. The normalized spacial score (nSPS) is 12.7. The van der Waals surface area contributed by atoms with Crippen LogP contribution < -0.4 is 0 Å². The fourth-order valence-corrected chi connectivity index (χ4v) is 8.10. The lowest BCUT2D eigenvalue weighted by Gasteiger charge is -2.18. The van der Waals surface area contributed by atoms with Crippen LogP contribution in [0.1, 0.15) is 278 Å². The van der Waals surface area contributed by atoms with Gasteiger partial charge in [-0.3, -0.25) is 14.4 Å². The van der Waals surface area contributed by atoms with Gasteiger partial charge in [-0.05, 0) is 89.9 Å². The van der Waals surface area contributed by atoms with Gasteiger partial charge in [-0.15, -0.1) is 0 Å². The van der Waals surface area contributed by atoms with E-state index in [4.69, 9.17) is 14.2 Å². The van der Waals surface area contributed by atoms with E-state index in [1.807, 2.05) is 0 Å². The molecule has 0 bridgehead atoms. The van der Waals surface area contributed by atoms with Crippen molar-refractivity contribution in [3.05, 3.63) is 85.1 Å². The van der Waals surface area contributed by atoms with Gasteiger partial charge in [0.25, 0.3) is 0 Å². The Labute approximate surface area is 426 Å². The Kier molecular flexibility index (Phi) is 54.3. The minimum atomic E-state index is -0.805. The molecule has 0 spiro atoms. The van der Waals surface area contributed by atoms with Crippen molar-refractivity contribution in [1.82, 2.24) is 0 Å². The molecule has 0 aliphatic carbocycles. The third-order valence-electron chi connectivity index (χ3n) is 12.4. The van der Waals surface area contributed by atoms with Crippen LogP contribution in [0.4, 0.5) is 0 Å². The van der Waals surface area contributed by atoms with Gasteiger partial charge in [0.05, 0.1) is 0 Å². The van der Waals surface area contributed by atoms with Crippen LogP contribution in [0.5, 0.6) is 0 Å². The van der Waals surface area contributed by atoms with Crippen LogP contribution in [0.25, 0.3) is 0 Å². The van der Waals surface area contributed by atoms with Gasteiger partial charge in [-0.1, -0.05) is 254 Å². The second kappa shape index (κ2) is 57.2. The Hall–Kier alpha value is -3.41. The third-order valence-corrected chi connectivity index (χ3v) is 12.4. The molecule has 396 valence electrons. The van der Waals surface area contributed by atoms with E-state index in [9.17, 15) is 14.4 Å². The van der Waals surface area contributed by atoms with Gasteiger partial charge in [0.1, 0.15) is 13.2 Å². The lowest BCUT2D eigenvalue weighted by molar-refractivity contribution is -0.167. The zero-order valence-corrected chi connectivity index (χ0v) is 45.3. The molecule has 0 aromatic heterocycles. The maximum atomic E-state index is 12.8. The highest BCUT2D eigenvalue weighted by atomic mass is 16.6. The number of rotatable bonds is 52. The molecule has 0 unspecified atom stereocenters. The Morgan fingerprint density at radius 2 is 0.565 bits per heavy atom. The SMILES string of the molecule is CC/C=C\C/C=C\C/C=C\C/C=C\CCCCC(=O)O[C@H](COC(=O)CCCCCCC/C=C\C/C=C\C/C=C\CC)COC(=O)CCCCCCCCCCCCCCCCCCCCCCC. The van der Waals surface area contributed by atoms with Crippen molar-refractivity contribution >= 4 is 17.9 Å². The number of ether oxygens (including phenoxy) is 3. The second-order valence-corrected chi connectivity index (χ2v) is 19.1. The van der Waals surface area contributed by atoms with Gasteiger partial charge in [0.2, 0.25) is 0 Å².